The summed E-state index contributed by atoms with van der Waals surface area (Å²) < 4.78 is 7.68. The third kappa shape index (κ3) is 2.75. The lowest BCUT2D eigenvalue weighted by atomic mass is 10.00. The van der Waals surface area contributed by atoms with Gasteiger partial charge in [-0.15, -0.1) is 0 Å². The van der Waals surface area contributed by atoms with Gasteiger partial charge in [-0.1, -0.05) is 6.92 Å². The van der Waals surface area contributed by atoms with Crippen LogP contribution in [-0.2, 0) is 24.8 Å². The topological polar surface area (TPSA) is 30.3 Å². The van der Waals surface area contributed by atoms with E-state index in [1.807, 2.05) is 11.7 Å². The van der Waals surface area contributed by atoms with Gasteiger partial charge in [0.2, 0.25) is 0 Å². The molecule has 0 spiro atoms. The van der Waals surface area contributed by atoms with E-state index >= 15 is 0 Å². The number of hydrogen-bond donors (Lipinski definition) is 0. The number of aromatic nitrogens is 2. The van der Waals surface area contributed by atoms with Crippen LogP contribution in [0, 0.1) is 0 Å². The Balaban J connectivity index is 2.15. The van der Waals surface area contributed by atoms with Gasteiger partial charge in [-0.25, -0.2) is 0 Å². The minimum atomic E-state index is 0.105. The van der Waals surface area contributed by atoms with Gasteiger partial charge >= 0.3 is 0 Å². The van der Waals surface area contributed by atoms with Crippen molar-refractivity contribution in [1.82, 2.24) is 14.7 Å². The Kier molecular flexibility index (Phi) is 3.78. The Morgan fingerprint density at radius 2 is 2.22 bits per heavy atom. The highest BCUT2D eigenvalue weighted by atomic mass is 16.5. The summed E-state index contributed by atoms with van der Waals surface area (Å²) in [5.74, 6) is 0. The molecule has 0 N–H and O–H groups in total. The first-order chi connectivity index (χ1) is 8.42. The summed E-state index contributed by atoms with van der Waals surface area (Å²) >= 11 is 0. The quantitative estimate of drug-likeness (QED) is 0.823. The standard InChI is InChI=1S/C14H25N3O/c1-6-13-12(8-16(5)15-13)9-17-7-11(2)18-10-14(17,3)4/h8,11H,6-7,9-10H2,1-5H3/t11-/m1/s1. The average molecular weight is 251 g/mol. The van der Waals surface area contributed by atoms with Crippen LogP contribution in [-0.4, -0.2) is 39.5 Å². The number of nitrogens with zero attached hydrogens (tertiary/aromatic N) is 3. The van der Waals surface area contributed by atoms with Crippen molar-refractivity contribution in [1.29, 1.82) is 0 Å². The van der Waals surface area contributed by atoms with E-state index in [1.54, 1.807) is 0 Å². The van der Waals surface area contributed by atoms with Crippen LogP contribution in [0.4, 0.5) is 0 Å². The zero-order valence-corrected chi connectivity index (χ0v) is 12.2. The lowest BCUT2D eigenvalue weighted by Crippen LogP contribution is -2.54. The Morgan fingerprint density at radius 1 is 1.50 bits per heavy atom. The van der Waals surface area contributed by atoms with Crippen molar-refractivity contribution in [3.63, 3.8) is 0 Å². The number of morpholine rings is 1. The Labute approximate surface area is 110 Å². The van der Waals surface area contributed by atoms with E-state index in [1.165, 1.54) is 11.3 Å². The normalized spacial score (nSPS) is 24.4. The summed E-state index contributed by atoms with van der Waals surface area (Å²) in [6.07, 6.45) is 3.46. The Morgan fingerprint density at radius 3 is 2.89 bits per heavy atom. The molecular weight excluding hydrogens is 226 g/mol. The molecule has 2 heterocycles. The second-order valence-electron chi connectivity index (χ2n) is 5.94. The van der Waals surface area contributed by atoms with Crippen LogP contribution in [0.3, 0.4) is 0 Å². The molecule has 1 aromatic heterocycles. The van der Waals surface area contributed by atoms with Crippen LogP contribution in [0.25, 0.3) is 0 Å². The molecule has 1 saturated heterocycles. The molecule has 1 fully saturated rings. The van der Waals surface area contributed by atoms with Gasteiger partial charge in [0.05, 0.1) is 18.4 Å². The molecule has 0 aliphatic carbocycles. The number of rotatable bonds is 3. The van der Waals surface area contributed by atoms with Crippen molar-refractivity contribution >= 4 is 0 Å². The highest BCUT2D eigenvalue weighted by Gasteiger charge is 2.33. The molecule has 0 radical (unpaired) electrons. The molecule has 1 aliphatic rings. The van der Waals surface area contributed by atoms with Crippen molar-refractivity contribution < 1.29 is 4.74 Å². The van der Waals surface area contributed by atoms with Crippen LogP contribution < -0.4 is 0 Å². The van der Waals surface area contributed by atoms with Gasteiger partial charge in [0, 0.05) is 37.4 Å². The van der Waals surface area contributed by atoms with E-state index in [0.717, 1.165) is 26.1 Å². The Bertz CT molecular complexity index is 411. The van der Waals surface area contributed by atoms with Crippen molar-refractivity contribution in [2.45, 2.75) is 52.3 Å². The third-order valence-corrected chi connectivity index (χ3v) is 3.74. The molecule has 0 unspecified atom stereocenters. The van der Waals surface area contributed by atoms with E-state index in [9.17, 15) is 0 Å². The van der Waals surface area contributed by atoms with Gasteiger partial charge in [0.1, 0.15) is 0 Å². The van der Waals surface area contributed by atoms with E-state index in [0.29, 0.717) is 6.10 Å². The zero-order chi connectivity index (χ0) is 13.3. The monoisotopic (exact) mass is 251 g/mol. The molecular formula is C14H25N3O. The summed E-state index contributed by atoms with van der Waals surface area (Å²) in [4.78, 5) is 2.51. The fraction of sp³-hybridized carbons (Fsp3) is 0.786. The highest BCUT2D eigenvalue weighted by molar-refractivity contribution is 5.17. The fourth-order valence-electron chi connectivity index (χ4n) is 2.55. The van der Waals surface area contributed by atoms with E-state index in [4.69, 9.17) is 4.74 Å². The third-order valence-electron chi connectivity index (χ3n) is 3.74. The minimum Gasteiger partial charge on any atom is -0.375 e. The first-order valence-corrected chi connectivity index (χ1v) is 6.80. The molecule has 0 saturated carbocycles. The second-order valence-corrected chi connectivity index (χ2v) is 5.94. The first kappa shape index (κ1) is 13.6. The molecule has 2 rings (SSSR count). The average Bonchev–Trinajstić information content (AvgIpc) is 2.65. The van der Waals surface area contributed by atoms with Crippen LogP contribution >= 0.6 is 0 Å². The molecule has 4 nitrogen and oxygen atoms in total. The zero-order valence-electron chi connectivity index (χ0n) is 12.2. The molecule has 4 heteroatoms. The molecule has 0 bridgehead atoms. The van der Waals surface area contributed by atoms with Crippen LogP contribution in [0.2, 0.25) is 0 Å². The van der Waals surface area contributed by atoms with Gasteiger partial charge in [0.15, 0.2) is 0 Å². The maximum Gasteiger partial charge on any atom is 0.0675 e. The SMILES string of the molecule is CCc1nn(C)cc1CN1C[C@@H](C)OCC1(C)C. The van der Waals surface area contributed by atoms with Crippen molar-refractivity contribution in [2.24, 2.45) is 7.05 Å². The number of aryl methyl sites for hydroxylation is 2. The summed E-state index contributed by atoms with van der Waals surface area (Å²) in [5.41, 5.74) is 2.67. The van der Waals surface area contributed by atoms with Crippen molar-refractivity contribution in [3.05, 3.63) is 17.5 Å². The van der Waals surface area contributed by atoms with E-state index in [-0.39, 0.29) is 5.54 Å². The molecule has 1 aliphatic heterocycles. The van der Waals surface area contributed by atoms with Gasteiger partial charge in [-0.2, -0.15) is 5.10 Å². The first-order valence-electron chi connectivity index (χ1n) is 6.80. The predicted molar refractivity (Wildman–Crippen MR) is 72.5 cm³/mol. The molecule has 0 aromatic carbocycles. The maximum absolute atomic E-state index is 5.76. The molecule has 1 atom stereocenters. The van der Waals surface area contributed by atoms with Gasteiger partial charge < -0.3 is 4.74 Å². The van der Waals surface area contributed by atoms with Crippen molar-refractivity contribution in [2.75, 3.05) is 13.2 Å². The number of hydrogen-bond acceptors (Lipinski definition) is 3. The minimum absolute atomic E-state index is 0.105. The van der Waals surface area contributed by atoms with Crippen molar-refractivity contribution in [3.8, 4) is 0 Å². The summed E-state index contributed by atoms with van der Waals surface area (Å²) in [6.45, 7) is 11.6. The van der Waals surface area contributed by atoms with Gasteiger partial charge in [0.25, 0.3) is 0 Å². The van der Waals surface area contributed by atoms with Crippen LogP contribution in [0.15, 0.2) is 6.20 Å². The Hall–Kier alpha value is -0.870. The van der Waals surface area contributed by atoms with E-state index < -0.39 is 0 Å². The smallest absolute Gasteiger partial charge is 0.0675 e. The number of ether oxygens (including phenoxy) is 1. The molecule has 18 heavy (non-hydrogen) atoms. The highest BCUT2D eigenvalue weighted by Crippen LogP contribution is 2.25. The lowest BCUT2D eigenvalue weighted by Gasteiger charge is -2.44. The van der Waals surface area contributed by atoms with E-state index in [2.05, 4.69) is 43.9 Å². The summed E-state index contributed by atoms with van der Waals surface area (Å²) in [7, 11) is 2.00. The molecule has 1 aromatic rings. The predicted octanol–water partition coefficient (Wildman–Crippen LogP) is 1.98. The lowest BCUT2D eigenvalue weighted by molar-refractivity contribution is -0.0950. The van der Waals surface area contributed by atoms with Gasteiger partial charge in [-0.3, -0.25) is 9.58 Å². The fourth-order valence-corrected chi connectivity index (χ4v) is 2.55. The summed E-state index contributed by atoms with van der Waals surface area (Å²) in [6, 6.07) is 0. The molecule has 102 valence electrons. The van der Waals surface area contributed by atoms with Gasteiger partial charge in [-0.05, 0) is 27.2 Å². The second kappa shape index (κ2) is 5.02. The molecule has 0 amide bonds. The van der Waals surface area contributed by atoms with Crippen LogP contribution in [0.5, 0.6) is 0 Å². The van der Waals surface area contributed by atoms with Crippen LogP contribution in [0.1, 0.15) is 39.0 Å². The largest absolute Gasteiger partial charge is 0.375 e. The maximum atomic E-state index is 5.76. The summed E-state index contributed by atoms with van der Waals surface area (Å²) in [5, 5.41) is 4.52.